The van der Waals surface area contributed by atoms with Gasteiger partial charge in [-0.15, -0.1) is 0 Å². The normalized spacial score (nSPS) is 17.4. The average Bonchev–Trinajstić information content (AvgIpc) is 2.74. The lowest BCUT2D eigenvalue weighted by Gasteiger charge is -2.10. The molecule has 2 heteroatoms. The fourth-order valence-electron chi connectivity index (χ4n) is 2.40. The summed E-state index contributed by atoms with van der Waals surface area (Å²) in [4.78, 5) is 0. The molecule has 0 unspecified atom stereocenters. The van der Waals surface area contributed by atoms with Crippen molar-refractivity contribution in [3.05, 3.63) is 0 Å². The smallest absolute Gasteiger partial charge is 0.0591 e. The van der Waals surface area contributed by atoms with Crippen LogP contribution in [0.5, 0.6) is 0 Å². The predicted molar refractivity (Wildman–Crippen MR) is 69.7 cm³/mol. The summed E-state index contributed by atoms with van der Waals surface area (Å²) in [5.74, 6) is 1.70. The first-order valence-electron chi connectivity index (χ1n) is 7.07. The van der Waals surface area contributed by atoms with Crippen molar-refractivity contribution >= 4 is 0 Å². The van der Waals surface area contributed by atoms with Crippen LogP contribution in [0.1, 0.15) is 52.4 Å². The fraction of sp³-hybridized carbons (Fsp3) is 1.00. The Bertz CT molecular complexity index is 153. The van der Waals surface area contributed by atoms with E-state index in [0.717, 1.165) is 25.7 Å². The van der Waals surface area contributed by atoms with Gasteiger partial charge in [-0.1, -0.05) is 39.5 Å². The lowest BCUT2D eigenvalue weighted by Crippen LogP contribution is -2.22. The SMILES string of the molecule is CC(C)COCCNCCCC1CCCC1. The molecule has 0 aromatic rings. The first-order valence-corrected chi connectivity index (χ1v) is 7.07. The second kappa shape index (κ2) is 9.00. The minimum Gasteiger partial charge on any atom is -0.380 e. The van der Waals surface area contributed by atoms with Gasteiger partial charge in [0, 0.05) is 13.2 Å². The highest BCUT2D eigenvalue weighted by Crippen LogP contribution is 2.28. The van der Waals surface area contributed by atoms with E-state index < -0.39 is 0 Å². The highest BCUT2D eigenvalue weighted by molar-refractivity contribution is 4.67. The third kappa shape index (κ3) is 7.24. The van der Waals surface area contributed by atoms with Gasteiger partial charge in [0.2, 0.25) is 0 Å². The fourth-order valence-corrected chi connectivity index (χ4v) is 2.40. The van der Waals surface area contributed by atoms with Gasteiger partial charge in [-0.3, -0.25) is 0 Å². The summed E-state index contributed by atoms with van der Waals surface area (Å²) in [5.41, 5.74) is 0. The molecule has 1 aliphatic rings. The van der Waals surface area contributed by atoms with E-state index >= 15 is 0 Å². The van der Waals surface area contributed by atoms with Gasteiger partial charge in [-0.05, 0) is 31.2 Å². The average molecular weight is 227 g/mol. The van der Waals surface area contributed by atoms with Gasteiger partial charge in [0.1, 0.15) is 0 Å². The minimum absolute atomic E-state index is 0.655. The van der Waals surface area contributed by atoms with Crippen molar-refractivity contribution in [1.82, 2.24) is 5.32 Å². The van der Waals surface area contributed by atoms with Gasteiger partial charge in [0.15, 0.2) is 0 Å². The molecule has 0 atom stereocenters. The highest BCUT2D eigenvalue weighted by Gasteiger charge is 2.13. The molecule has 1 fully saturated rings. The third-order valence-corrected chi connectivity index (χ3v) is 3.32. The van der Waals surface area contributed by atoms with Crippen LogP contribution in [-0.2, 0) is 4.74 Å². The van der Waals surface area contributed by atoms with E-state index in [1.807, 2.05) is 0 Å². The van der Waals surface area contributed by atoms with Crippen LogP contribution >= 0.6 is 0 Å². The summed E-state index contributed by atoms with van der Waals surface area (Å²) in [6.45, 7) is 8.31. The summed E-state index contributed by atoms with van der Waals surface area (Å²) in [6, 6.07) is 0. The van der Waals surface area contributed by atoms with Crippen LogP contribution in [0.3, 0.4) is 0 Å². The molecule has 0 radical (unpaired) electrons. The molecule has 96 valence electrons. The molecule has 16 heavy (non-hydrogen) atoms. The molecular weight excluding hydrogens is 198 g/mol. The maximum absolute atomic E-state index is 5.51. The molecule has 1 saturated carbocycles. The summed E-state index contributed by atoms with van der Waals surface area (Å²) < 4.78 is 5.51. The van der Waals surface area contributed by atoms with Crippen molar-refractivity contribution in [3.8, 4) is 0 Å². The Labute approximate surface area is 101 Å². The highest BCUT2D eigenvalue weighted by atomic mass is 16.5. The second-order valence-electron chi connectivity index (χ2n) is 5.51. The van der Waals surface area contributed by atoms with Gasteiger partial charge >= 0.3 is 0 Å². The van der Waals surface area contributed by atoms with Gasteiger partial charge in [0.25, 0.3) is 0 Å². The van der Waals surface area contributed by atoms with E-state index in [-0.39, 0.29) is 0 Å². The zero-order valence-corrected chi connectivity index (χ0v) is 11.1. The van der Waals surface area contributed by atoms with Gasteiger partial charge in [0.05, 0.1) is 6.61 Å². The monoisotopic (exact) mass is 227 g/mol. The Kier molecular flexibility index (Phi) is 7.87. The van der Waals surface area contributed by atoms with Crippen molar-refractivity contribution in [2.45, 2.75) is 52.4 Å². The Balaban J connectivity index is 1.74. The van der Waals surface area contributed by atoms with Crippen LogP contribution in [0.15, 0.2) is 0 Å². The van der Waals surface area contributed by atoms with E-state index in [0.29, 0.717) is 5.92 Å². The maximum atomic E-state index is 5.51. The van der Waals surface area contributed by atoms with Gasteiger partial charge < -0.3 is 10.1 Å². The molecule has 0 aliphatic heterocycles. The van der Waals surface area contributed by atoms with Crippen LogP contribution in [-0.4, -0.2) is 26.3 Å². The Morgan fingerprint density at radius 3 is 2.62 bits per heavy atom. The molecule has 0 spiro atoms. The van der Waals surface area contributed by atoms with Crippen LogP contribution in [0, 0.1) is 11.8 Å². The molecule has 1 N–H and O–H groups in total. The van der Waals surface area contributed by atoms with Crippen LogP contribution in [0.25, 0.3) is 0 Å². The van der Waals surface area contributed by atoms with Crippen LogP contribution < -0.4 is 5.32 Å². The zero-order valence-electron chi connectivity index (χ0n) is 11.1. The van der Waals surface area contributed by atoms with E-state index in [2.05, 4.69) is 19.2 Å². The van der Waals surface area contributed by atoms with E-state index in [4.69, 9.17) is 4.74 Å². The van der Waals surface area contributed by atoms with Crippen molar-refractivity contribution in [2.75, 3.05) is 26.3 Å². The standard InChI is InChI=1S/C14H29NO/c1-13(2)12-16-11-10-15-9-5-8-14-6-3-4-7-14/h13-15H,3-12H2,1-2H3. The summed E-state index contributed by atoms with van der Waals surface area (Å²) in [7, 11) is 0. The number of hydrogen-bond acceptors (Lipinski definition) is 2. The van der Waals surface area contributed by atoms with Crippen molar-refractivity contribution in [3.63, 3.8) is 0 Å². The zero-order chi connectivity index (χ0) is 11.6. The predicted octanol–water partition coefficient (Wildman–Crippen LogP) is 3.22. The number of ether oxygens (including phenoxy) is 1. The minimum atomic E-state index is 0.655. The van der Waals surface area contributed by atoms with Crippen LogP contribution in [0.4, 0.5) is 0 Å². The van der Waals surface area contributed by atoms with Crippen molar-refractivity contribution in [2.24, 2.45) is 11.8 Å². The summed E-state index contributed by atoms with van der Waals surface area (Å²) in [5, 5.41) is 3.46. The summed E-state index contributed by atoms with van der Waals surface area (Å²) >= 11 is 0. The molecular formula is C14H29NO. The first-order chi connectivity index (χ1) is 7.79. The van der Waals surface area contributed by atoms with Crippen LogP contribution in [0.2, 0.25) is 0 Å². The lowest BCUT2D eigenvalue weighted by atomic mass is 10.0. The maximum Gasteiger partial charge on any atom is 0.0591 e. The molecule has 0 amide bonds. The topological polar surface area (TPSA) is 21.3 Å². The molecule has 1 aliphatic carbocycles. The van der Waals surface area contributed by atoms with E-state index in [1.54, 1.807) is 0 Å². The van der Waals surface area contributed by atoms with Gasteiger partial charge in [-0.2, -0.15) is 0 Å². The number of nitrogens with one attached hydrogen (secondary N) is 1. The molecule has 0 bridgehead atoms. The second-order valence-corrected chi connectivity index (χ2v) is 5.51. The number of hydrogen-bond donors (Lipinski definition) is 1. The quantitative estimate of drug-likeness (QED) is 0.611. The third-order valence-electron chi connectivity index (χ3n) is 3.32. The van der Waals surface area contributed by atoms with E-state index in [1.165, 1.54) is 45.1 Å². The molecule has 0 heterocycles. The number of rotatable bonds is 9. The van der Waals surface area contributed by atoms with Crippen molar-refractivity contribution < 1.29 is 4.74 Å². The van der Waals surface area contributed by atoms with E-state index in [9.17, 15) is 0 Å². The summed E-state index contributed by atoms with van der Waals surface area (Å²) in [6.07, 6.45) is 8.69. The molecule has 0 aromatic carbocycles. The molecule has 1 rings (SSSR count). The van der Waals surface area contributed by atoms with Gasteiger partial charge in [-0.25, -0.2) is 0 Å². The molecule has 0 aromatic heterocycles. The molecule has 0 saturated heterocycles. The first kappa shape index (κ1) is 14.0. The Morgan fingerprint density at radius 1 is 1.19 bits per heavy atom. The lowest BCUT2D eigenvalue weighted by molar-refractivity contribution is 0.112. The largest absolute Gasteiger partial charge is 0.380 e. The molecule has 2 nitrogen and oxygen atoms in total. The van der Waals surface area contributed by atoms with Crippen molar-refractivity contribution in [1.29, 1.82) is 0 Å². The Hall–Kier alpha value is -0.0800. The Morgan fingerprint density at radius 2 is 1.94 bits per heavy atom.